The van der Waals surface area contributed by atoms with Crippen LogP contribution in [-0.2, 0) is 4.79 Å². The number of amidine groups is 1. The lowest BCUT2D eigenvalue weighted by molar-refractivity contribution is -0.124. The summed E-state index contributed by atoms with van der Waals surface area (Å²) >= 11 is 3.06. The summed E-state index contributed by atoms with van der Waals surface area (Å²) in [4.78, 5) is 27.7. The second-order valence-corrected chi connectivity index (χ2v) is 7.60. The van der Waals surface area contributed by atoms with E-state index in [1.807, 2.05) is 5.48 Å². The first-order valence-electron chi connectivity index (χ1n) is 9.92. The van der Waals surface area contributed by atoms with Crippen molar-refractivity contribution in [1.29, 1.82) is 0 Å². The Morgan fingerprint density at radius 2 is 1.94 bits per heavy atom. The van der Waals surface area contributed by atoms with E-state index in [1.165, 1.54) is 29.8 Å². The van der Waals surface area contributed by atoms with Gasteiger partial charge in [-0.1, -0.05) is 12.1 Å². The van der Waals surface area contributed by atoms with Gasteiger partial charge in [0.25, 0.3) is 11.8 Å². The molecule has 1 heterocycles. The summed E-state index contributed by atoms with van der Waals surface area (Å²) in [5.74, 6) is -1.46. The third-order valence-corrected chi connectivity index (χ3v) is 4.96. The van der Waals surface area contributed by atoms with E-state index in [1.54, 1.807) is 24.3 Å². The van der Waals surface area contributed by atoms with Gasteiger partial charge in [-0.2, -0.15) is 0 Å². The molecule has 0 bridgehead atoms. The molecule has 1 aromatic heterocycles. The Hall–Kier alpha value is -4.14. The summed E-state index contributed by atoms with van der Waals surface area (Å²) in [6.07, 6.45) is 2.57. The topological polar surface area (TPSA) is 174 Å². The highest BCUT2D eigenvalue weighted by Gasteiger charge is 2.17. The van der Waals surface area contributed by atoms with Gasteiger partial charge >= 0.3 is 0 Å². The van der Waals surface area contributed by atoms with Crippen molar-refractivity contribution in [2.75, 3.05) is 18.4 Å². The predicted octanol–water partition coefficient (Wildman–Crippen LogP) is 2.39. The molecule has 0 spiro atoms. The maximum atomic E-state index is 13.4. The van der Waals surface area contributed by atoms with Crippen molar-refractivity contribution >= 4 is 51.2 Å². The smallest absolute Gasteiger partial charge is 0.267 e. The Labute approximate surface area is 205 Å². The Morgan fingerprint density at radius 1 is 1.11 bits per heavy atom. The molecule has 12 nitrogen and oxygen atoms in total. The summed E-state index contributed by atoms with van der Waals surface area (Å²) in [7, 11) is 0. The SMILES string of the molecule is O=C(/C=C/c1cccc(C(=O)NCCNc2nonc2C(=Nc2ccc(F)c(Br)c2)NO)c1)NO. The van der Waals surface area contributed by atoms with Crippen molar-refractivity contribution in [1.82, 2.24) is 26.6 Å². The number of benzene rings is 2. The number of nitrogens with one attached hydrogen (secondary N) is 4. The highest BCUT2D eigenvalue weighted by molar-refractivity contribution is 9.10. The van der Waals surface area contributed by atoms with E-state index in [-0.39, 0.29) is 40.8 Å². The minimum Gasteiger partial charge on any atom is -0.363 e. The molecule has 3 aromatic rings. The largest absolute Gasteiger partial charge is 0.363 e. The van der Waals surface area contributed by atoms with Gasteiger partial charge in [-0.3, -0.25) is 25.5 Å². The zero-order valence-corrected chi connectivity index (χ0v) is 19.4. The number of halogens is 2. The molecule has 35 heavy (non-hydrogen) atoms. The van der Waals surface area contributed by atoms with Gasteiger partial charge in [-0.15, -0.1) is 0 Å². The van der Waals surface area contributed by atoms with Crippen molar-refractivity contribution in [3.05, 3.63) is 75.7 Å². The summed E-state index contributed by atoms with van der Waals surface area (Å²) in [5, 5.41) is 31.1. The first-order chi connectivity index (χ1) is 16.9. The molecule has 0 aliphatic rings. The van der Waals surface area contributed by atoms with E-state index >= 15 is 0 Å². The number of hydrogen-bond donors (Lipinski definition) is 6. The average molecular weight is 548 g/mol. The third-order valence-electron chi connectivity index (χ3n) is 4.35. The number of hydroxylamine groups is 2. The number of aromatic nitrogens is 2. The zero-order valence-electron chi connectivity index (χ0n) is 17.8. The van der Waals surface area contributed by atoms with Crippen LogP contribution in [0.1, 0.15) is 21.6 Å². The highest BCUT2D eigenvalue weighted by atomic mass is 79.9. The number of carbonyl (C=O) groups is 2. The van der Waals surface area contributed by atoms with Gasteiger partial charge in [0.15, 0.2) is 11.5 Å². The maximum absolute atomic E-state index is 13.4. The van der Waals surface area contributed by atoms with Gasteiger partial charge in [0.2, 0.25) is 5.82 Å². The number of rotatable bonds is 9. The second-order valence-electron chi connectivity index (χ2n) is 6.75. The average Bonchev–Trinajstić information content (AvgIpc) is 3.34. The van der Waals surface area contributed by atoms with Gasteiger partial charge < -0.3 is 10.6 Å². The van der Waals surface area contributed by atoms with Crippen molar-refractivity contribution < 1.29 is 29.0 Å². The lowest BCUT2D eigenvalue weighted by atomic mass is 10.1. The fourth-order valence-corrected chi connectivity index (χ4v) is 3.09. The standard InChI is InChI=1S/C21H19BrFN7O5/c22-15-11-14(5-6-16(15)23)26-20(28-34)18-19(30-35-29-18)24-8-9-25-21(32)13-3-1-2-12(10-13)4-7-17(31)27-33/h1-7,10-11,33-34H,8-9H2,(H,24,30)(H,25,32)(H,26,28)(H,27,31)/b7-4+. The van der Waals surface area contributed by atoms with E-state index in [2.05, 4.69) is 41.9 Å². The molecule has 0 saturated carbocycles. The molecule has 0 aliphatic carbocycles. The fourth-order valence-electron chi connectivity index (χ4n) is 2.73. The normalized spacial score (nSPS) is 11.4. The Morgan fingerprint density at radius 3 is 2.69 bits per heavy atom. The molecule has 6 N–H and O–H groups in total. The summed E-state index contributed by atoms with van der Waals surface area (Å²) in [6, 6.07) is 10.5. The quantitative estimate of drug-likeness (QED) is 0.0586. The summed E-state index contributed by atoms with van der Waals surface area (Å²) in [5.41, 5.74) is 4.73. The summed E-state index contributed by atoms with van der Waals surface area (Å²) in [6.45, 7) is 0.423. The molecule has 0 radical (unpaired) electrons. The number of amides is 2. The van der Waals surface area contributed by atoms with Crippen molar-refractivity contribution in [3.8, 4) is 0 Å². The number of aliphatic imine (C=N–C) groups is 1. The molecule has 2 aromatic carbocycles. The van der Waals surface area contributed by atoms with E-state index in [4.69, 9.17) is 9.84 Å². The lowest BCUT2D eigenvalue weighted by Crippen LogP contribution is -2.29. The molecule has 182 valence electrons. The molecule has 0 fully saturated rings. The van der Waals surface area contributed by atoms with Crippen LogP contribution in [0.25, 0.3) is 6.08 Å². The molecular formula is C21H19BrFN7O5. The first kappa shape index (κ1) is 25.5. The van der Waals surface area contributed by atoms with Crippen LogP contribution in [0.4, 0.5) is 15.9 Å². The molecule has 0 saturated heterocycles. The van der Waals surface area contributed by atoms with Crippen LogP contribution in [-0.4, -0.2) is 51.5 Å². The number of nitrogens with zero attached hydrogens (tertiary/aromatic N) is 3. The van der Waals surface area contributed by atoms with E-state index < -0.39 is 11.7 Å². The number of carbonyl (C=O) groups excluding carboxylic acids is 2. The third kappa shape index (κ3) is 7.17. The molecule has 2 amide bonds. The van der Waals surface area contributed by atoms with Gasteiger partial charge in [-0.25, -0.2) is 19.5 Å². The van der Waals surface area contributed by atoms with Crippen LogP contribution in [0, 0.1) is 5.82 Å². The van der Waals surface area contributed by atoms with Crippen LogP contribution in [0.2, 0.25) is 0 Å². The molecule has 0 unspecified atom stereocenters. The minimum absolute atomic E-state index is 0.0608. The summed E-state index contributed by atoms with van der Waals surface area (Å²) < 4.78 is 18.3. The van der Waals surface area contributed by atoms with Crippen LogP contribution in [0.5, 0.6) is 0 Å². The van der Waals surface area contributed by atoms with Gasteiger partial charge in [0, 0.05) is 24.7 Å². The zero-order chi connectivity index (χ0) is 25.2. The van der Waals surface area contributed by atoms with Crippen LogP contribution in [0.3, 0.4) is 0 Å². The van der Waals surface area contributed by atoms with E-state index in [0.29, 0.717) is 16.8 Å². The van der Waals surface area contributed by atoms with Crippen LogP contribution >= 0.6 is 15.9 Å². The van der Waals surface area contributed by atoms with Crippen molar-refractivity contribution in [2.24, 2.45) is 4.99 Å². The molecule has 0 atom stereocenters. The first-order valence-corrected chi connectivity index (χ1v) is 10.7. The molecular weight excluding hydrogens is 529 g/mol. The predicted molar refractivity (Wildman–Crippen MR) is 126 cm³/mol. The Bertz CT molecular complexity index is 1260. The van der Waals surface area contributed by atoms with Crippen LogP contribution < -0.4 is 21.6 Å². The number of anilines is 1. The van der Waals surface area contributed by atoms with E-state index in [9.17, 15) is 19.2 Å². The van der Waals surface area contributed by atoms with Crippen LogP contribution in [0.15, 0.2) is 62.6 Å². The minimum atomic E-state index is -0.692. The van der Waals surface area contributed by atoms with Crippen molar-refractivity contribution in [2.45, 2.75) is 0 Å². The number of hydrogen-bond acceptors (Lipinski definition) is 9. The molecule has 3 rings (SSSR count). The van der Waals surface area contributed by atoms with Gasteiger partial charge in [-0.05, 0) is 68.2 Å². The maximum Gasteiger partial charge on any atom is 0.267 e. The molecule has 14 heteroatoms. The van der Waals surface area contributed by atoms with E-state index in [0.717, 1.165) is 6.08 Å². The Kier molecular flexibility index (Phi) is 9.00. The highest BCUT2D eigenvalue weighted by Crippen LogP contribution is 2.23. The van der Waals surface area contributed by atoms with Crippen molar-refractivity contribution in [3.63, 3.8) is 0 Å². The lowest BCUT2D eigenvalue weighted by Gasteiger charge is -2.08. The van der Waals surface area contributed by atoms with Gasteiger partial charge in [0.1, 0.15) is 5.82 Å². The fraction of sp³-hybridized carbons (Fsp3) is 0.0952. The van der Waals surface area contributed by atoms with Gasteiger partial charge in [0.05, 0.1) is 10.2 Å². The monoisotopic (exact) mass is 547 g/mol. The second kappa shape index (κ2) is 12.4. The molecule has 0 aliphatic heterocycles. The Balaban J connectivity index is 1.58.